The minimum absolute atomic E-state index is 0.0904. The molecule has 166 valence electrons. The Balaban J connectivity index is 1.77. The Morgan fingerprint density at radius 2 is 2.03 bits per heavy atom. The second-order valence-electron chi connectivity index (χ2n) is 7.20. The molecule has 1 fully saturated rings. The molecule has 0 aliphatic carbocycles. The molecule has 30 heavy (non-hydrogen) atoms. The number of para-hydroxylation sites is 2. The van der Waals surface area contributed by atoms with E-state index < -0.39 is 34.1 Å². The van der Waals surface area contributed by atoms with E-state index in [4.69, 9.17) is 4.74 Å². The number of benzene rings is 1. The van der Waals surface area contributed by atoms with E-state index in [1.54, 1.807) is 24.3 Å². The SMILES string of the molecule is COc1ccccc1-n1c(CC2CCCN(S(=O)(=O)CCC(F)(F)F)C2)n[nH]c1=O. The van der Waals surface area contributed by atoms with Crippen molar-refractivity contribution in [3.63, 3.8) is 0 Å². The second-order valence-corrected chi connectivity index (χ2v) is 9.29. The van der Waals surface area contributed by atoms with Crippen molar-refractivity contribution in [3.8, 4) is 11.4 Å². The third-order valence-electron chi connectivity index (χ3n) is 5.06. The van der Waals surface area contributed by atoms with Crippen LogP contribution in [0.2, 0.25) is 0 Å². The number of nitrogens with zero attached hydrogens (tertiary/aromatic N) is 3. The van der Waals surface area contributed by atoms with Crippen LogP contribution in [0, 0.1) is 5.92 Å². The number of hydrogen-bond donors (Lipinski definition) is 1. The van der Waals surface area contributed by atoms with Gasteiger partial charge in [-0.15, -0.1) is 0 Å². The van der Waals surface area contributed by atoms with Gasteiger partial charge in [0.05, 0.1) is 25.0 Å². The van der Waals surface area contributed by atoms with Crippen molar-refractivity contribution in [2.45, 2.75) is 31.9 Å². The summed E-state index contributed by atoms with van der Waals surface area (Å²) in [5, 5.41) is 6.47. The van der Waals surface area contributed by atoms with E-state index in [0.717, 1.165) is 4.31 Å². The second kappa shape index (κ2) is 8.80. The number of H-pyrrole nitrogens is 1. The van der Waals surface area contributed by atoms with Gasteiger partial charge in [0.1, 0.15) is 11.6 Å². The van der Waals surface area contributed by atoms with Crippen molar-refractivity contribution in [1.82, 2.24) is 19.1 Å². The Morgan fingerprint density at radius 1 is 1.30 bits per heavy atom. The van der Waals surface area contributed by atoms with Crippen LogP contribution in [0.1, 0.15) is 25.1 Å². The number of alkyl halides is 3. The van der Waals surface area contributed by atoms with E-state index in [2.05, 4.69) is 10.2 Å². The van der Waals surface area contributed by atoms with Crippen LogP contribution in [0.15, 0.2) is 29.1 Å². The molecule has 2 aromatic rings. The van der Waals surface area contributed by atoms with Crippen LogP contribution >= 0.6 is 0 Å². The molecule has 1 aliphatic heterocycles. The molecule has 8 nitrogen and oxygen atoms in total. The summed E-state index contributed by atoms with van der Waals surface area (Å²) in [7, 11) is -2.53. The van der Waals surface area contributed by atoms with E-state index in [1.807, 2.05) is 0 Å². The molecular formula is C18H23F3N4O4S. The topological polar surface area (TPSA) is 97.3 Å². The number of sulfonamides is 1. The van der Waals surface area contributed by atoms with Crippen LogP contribution in [0.25, 0.3) is 5.69 Å². The van der Waals surface area contributed by atoms with Crippen molar-refractivity contribution in [1.29, 1.82) is 0 Å². The van der Waals surface area contributed by atoms with Gasteiger partial charge in [-0.1, -0.05) is 12.1 Å². The standard InChI is InChI=1S/C18H23F3N4O4S/c1-29-15-7-3-2-6-14(15)25-16(22-23-17(25)26)11-13-5-4-9-24(12-13)30(27,28)10-8-18(19,20)21/h2-3,6-7,13H,4-5,8-12H2,1H3,(H,23,26). The summed E-state index contributed by atoms with van der Waals surface area (Å²) in [6.45, 7) is 0.281. The zero-order chi connectivity index (χ0) is 21.9. The summed E-state index contributed by atoms with van der Waals surface area (Å²) in [5.74, 6) is -0.258. The van der Waals surface area contributed by atoms with Gasteiger partial charge in [-0.3, -0.25) is 0 Å². The third-order valence-corrected chi connectivity index (χ3v) is 6.90. The monoisotopic (exact) mass is 448 g/mol. The number of piperidine rings is 1. The van der Waals surface area contributed by atoms with Crippen molar-refractivity contribution < 1.29 is 26.3 Å². The molecule has 1 aliphatic rings. The van der Waals surface area contributed by atoms with Crippen molar-refractivity contribution in [2.75, 3.05) is 26.0 Å². The molecule has 0 saturated carbocycles. The van der Waals surface area contributed by atoms with Crippen LogP contribution in [0.5, 0.6) is 5.75 Å². The van der Waals surface area contributed by atoms with Gasteiger partial charge in [0, 0.05) is 19.5 Å². The lowest BCUT2D eigenvalue weighted by Gasteiger charge is -2.32. The highest BCUT2D eigenvalue weighted by molar-refractivity contribution is 7.89. The highest BCUT2D eigenvalue weighted by Gasteiger charge is 2.35. The number of nitrogens with one attached hydrogen (secondary N) is 1. The lowest BCUT2D eigenvalue weighted by Crippen LogP contribution is -2.42. The maximum absolute atomic E-state index is 12.4. The Morgan fingerprint density at radius 3 is 2.73 bits per heavy atom. The minimum atomic E-state index is -4.53. The van der Waals surface area contributed by atoms with Gasteiger partial charge in [0.25, 0.3) is 0 Å². The minimum Gasteiger partial charge on any atom is -0.495 e. The van der Waals surface area contributed by atoms with Crippen LogP contribution in [0.4, 0.5) is 13.2 Å². The number of halogens is 3. The van der Waals surface area contributed by atoms with Gasteiger partial charge in [-0.25, -0.2) is 27.2 Å². The molecule has 1 unspecified atom stereocenters. The van der Waals surface area contributed by atoms with Crippen molar-refractivity contribution >= 4 is 10.0 Å². The first-order chi connectivity index (χ1) is 14.1. The van der Waals surface area contributed by atoms with Gasteiger partial charge in [0.15, 0.2) is 0 Å². The first-order valence-corrected chi connectivity index (χ1v) is 11.1. The maximum atomic E-state index is 12.4. The molecule has 0 bridgehead atoms. The molecular weight excluding hydrogens is 425 g/mol. The number of aromatic nitrogens is 3. The van der Waals surface area contributed by atoms with Crippen LogP contribution in [-0.4, -0.2) is 59.6 Å². The predicted molar refractivity (Wildman–Crippen MR) is 103 cm³/mol. The summed E-state index contributed by atoms with van der Waals surface area (Å²) < 4.78 is 69.8. The van der Waals surface area contributed by atoms with Crippen molar-refractivity contribution in [2.24, 2.45) is 5.92 Å². The van der Waals surface area contributed by atoms with Gasteiger partial charge in [-0.2, -0.15) is 18.3 Å². The molecule has 0 spiro atoms. The van der Waals surface area contributed by atoms with Crippen LogP contribution in [0.3, 0.4) is 0 Å². The molecule has 0 radical (unpaired) electrons. The summed E-state index contributed by atoms with van der Waals surface area (Å²) in [4.78, 5) is 12.3. The first-order valence-electron chi connectivity index (χ1n) is 9.45. The van der Waals surface area contributed by atoms with Crippen LogP contribution in [-0.2, 0) is 16.4 Å². The molecule has 1 aromatic heterocycles. The lowest BCUT2D eigenvalue weighted by atomic mass is 9.96. The van der Waals surface area contributed by atoms with Gasteiger partial charge < -0.3 is 4.74 Å². The number of ether oxygens (including phenoxy) is 1. The smallest absolute Gasteiger partial charge is 0.390 e. The zero-order valence-corrected chi connectivity index (χ0v) is 17.2. The van der Waals surface area contributed by atoms with Gasteiger partial charge in [0.2, 0.25) is 10.0 Å². The molecule has 2 heterocycles. The largest absolute Gasteiger partial charge is 0.495 e. The summed E-state index contributed by atoms with van der Waals surface area (Å²) in [5.41, 5.74) is 0.0409. The number of hydrogen-bond acceptors (Lipinski definition) is 5. The van der Waals surface area contributed by atoms with Crippen LogP contribution < -0.4 is 10.4 Å². The van der Waals surface area contributed by atoms with Gasteiger partial charge >= 0.3 is 11.9 Å². The molecule has 3 rings (SSSR count). The number of methoxy groups -OCH3 is 1. The van der Waals surface area contributed by atoms with E-state index >= 15 is 0 Å². The van der Waals surface area contributed by atoms with E-state index in [9.17, 15) is 26.4 Å². The zero-order valence-electron chi connectivity index (χ0n) is 16.4. The number of aromatic amines is 1. The Kier molecular flexibility index (Phi) is 6.56. The molecule has 1 atom stereocenters. The molecule has 1 saturated heterocycles. The third kappa shape index (κ3) is 5.22. The Bertz CT molecular complexity index is 1030. The average molecular weight is 448 g/mol. The van der Waals surface area contributed by atoms with E-state index in [0.29, 0.717) is 36.5 Å². The van der Waals surface area contributed by atoms with Crippen molar-refractivity contribution in [3.05, 3.63) is 40.6 Å². The lowest BCUT2D eigenvalue weighted by molar-refractivity contribution is -0.130. The Labute approximate surface area is 171 Å². The molecule has 12 heteroatoms. The highest BCUT2D eigenvalue weighted by Crippen LogP contribution is 2.27. The molecule has 0 amide bonds. The number of rotatable bonds is 7. The summed E-state index contributed by atoms with van der Waals surface area (Å²) in [6, 6.07) is 6.91. The Hall–Kier alpha value is -2.34. The fourth-order valence-electron chi connectivity index (χ4n) is 3.61. The molecule has 1 N–H and O–H groups in total. The summed E-state index contributed by atoms with van der Waals surface area (Å²) in [6.07, 6.45) is -4.40. The predicted octanol–water partition coefficient (Wildman–Crippen LogP) is 2.11. The average Bonchev–Trinajstić information content (AvgIpc) is 3.06. The molecule has 1 aromatic carbocycles. The maximum Gasteiger partial charge on any atom is 0.390 e. The first kappa shape index (κ1) is 22.3. The fourth-order valence-corrected chi connectivity index (χ4v) is 5.20. The van der Waals surface area contributed by atoms with E-state index in [1.165, 1.54) is 11.7 Å². The highest BCUT2D eigenvalue weighted by atomic mass is 32.2. The normalized spacial score (nSPS) is 18.5. The fraction of sp³-hybridized carbons (Fsp3) is 0.556. The quantitative estimate of drug-likeness (QED) is 0.700. The van der Waals surface area contributed by atoms with Gasteiger partial charge in [-0.05, 0) is 30.9 Å². The summed E-state index contributed by atoms with van der Waals surface area (Å²) >= 11 is 0. The van der Waals surface area contributed by atoms with E-state index in [-0.39, 0.29) is 19.0 Å².